The Labute approximate surface area is 137 Å². The maximum atomic E-state index is 11.0. The standard InChI is InChI=1S/C18H38N2O2/c1-5-6-7-8-9-10-11-12-13-14-15-16-17(2,3)18(4,19)20(21)22/h5-16,19H2,1-4H3. The van der Waals surface area contributed by atoms with Gasteiger partial charge in [-0.2, -0.15) is 0 Å². The van der Waals surface area contributed by atoms with Crippen LogP contribution in [0.1, 0.15) is 105 Å². The first-order valence-electron chi connectivity index (χ1n) is 9.19. The van der Waals surface area contributed by atoms with Crippen LogP contribution in [0.15, 0.2) is 0 Å². The summed E-state index contributed by atoms with van der Waals surface area (Å²) >= 11 is 0. The molecule has 0 aromatic carbocycles. The molecule has 1 unspecified atom stereocenters. The van der Waals surface area contributed by atoms with Crippen molar-refractivity contribution in [2.45, 2.75) is 110 Å². The summed E-state index contributed by atoms with van der Waals surface area (Å²) in [6.07, 6.45) is 15.1. The van der Waals surface area contributed by atoms with Crippen LogP contribution in [-0.2, 0) is 0 Å². The zero-order valence-corrected chi connectivity index (χ0v) is 15.3. The van der Waals surface area contributed by atoms with Gasteiger partial charge in [0, 0.05) is 17.3 Å². The molecular weight excluding hydrogens is 276 g/mol. The minimum atomic E-state index is -1.34. The molecule has 0 radical (unpaired) electrons. The second kappa shape index (κ2) is 11.0. The molecule has 0 fully saturated rings. The summed E-state index contributed by atoms with van der Waals surface area (Å²) in [5.74, 6) is 0. The highest BCUT2D eigenvalue weighted by Gasteiger charge is 2.47. The summed E-state index contributed by atoms with van der Waals surface area (Å²) in [5.41, 5.74) is 4.06. The Morgan fingerprint density at radius 3 is 1.55 bits per heavy atom. The average molecular weight is 315 g/mol. The highest BCUT2D eigenvalue weighted by Crippen LogP contribution is 2.34. The van der Waals surface area contributed by atoms with Crippen molar-refractivity contribution in [2.75, 3.05) is 0 Å². The predicted molar refractivity (Wildman–Crippen MR) is 94.4 cm³/mol. The number of nitro groups is 1. The number of rotatable bonds is 14. The Bertz CT molecular complexity index is 301. The maximum Gasteiger partial charge on any atom is 0.274 e. The van der Waals surface area contributed by atoms with E-state index in [1.54, 1.807) is 0 Å². The Morgan fingerprint density at radius 2 is 1.18 bits per heavy atom. The zero-order chi connectivity index (χ0) is 17.1. The van der Waals surface area contributed by atoms with Gasteiger partial charge in [0.1, 0.15) is 0 Å². The topological polar surface area (TPSA) is 69.2 Å². The Kier molecular flexibility index (Phi) is 10.7. The van der Waals surface area contributed by atoms with Crippen LogP contribution in [0.4, 0.5) is 0 Å². The molecule has 0 aliphatic rings. The second-order valence-corrected chi connectivity index (χ2v) is 7.57. The molecule has 1 atom stereocenters. The van der Waals surface area contributed by atoms with Crippen LogP contribution in [0, 0.1) is 15.5 Å². The molecule has 0 aliphatic carbocycles. The SMILES string of the molecule is CCCCCCCCCCCCCC(C)(C)C(C)(N)[N+](=O)[O-]. The van der Waals surface area contributed by atoms with E-state index in [-0.39, 0.29) is 4.92 Å². The molecule has 0 rings (SSSR count). The maximum absolute atomic E-state index is 11.0. The first-order valence-corrected chi connectivity index (χ1v) is 9.19. The molecule has 0 aliphatic heterocycles. The number of hydrogen-bond donors (Lipinski definition) is 1. The number of nitrogens with two attached hydrogens (primary N) is 1. The lowest BCUT2D eigenvalue weighted by atomic mass is 9.76. The third kappa shape index (κ3) is 8.11. The largest absolute Gasteiger partial charge is 0.274 e. The minimum absolute atomic E-state index is 0.342. The lowest BCUT2D eigenvalue weighted by Crippen LogP contribution is -2.56. The molecule has 0 aromatic heterocycles. The monoisotopic (exact) mass is 314 g/mol. The molecule has 4 heteroatoms. The van der Waals surface area contributed by atoms with E-state index in [9.17, 15) is 10.1 Å². The molecule has 0 spiro atoms. The fourth-order valence-corrected chi connectivity index (χ4v) is 2.73. The molecule has 4 nitrogen and oxygen atoms in total. The van der Waals surface area contributed by atoms with Crippen molar-refractivity contribution >= 4 is 0 Å². The number of hydrogen-bond acceptors (Lipinski definition) is 3. The normalized spacial score (nSPS) is 14.8. The van der Waals surface area contributed by atoms with E-state index in [4.69, 9.17) is 5.73 Å². The van der Waals surface area contributed by atoms with Crippen molar-refractivity contribution in [1.29, 1.82) is 0 Å². The van der Waals surface area contributed by atoms with Gasteiger partial charge in [-0.15, -0.1) is 0 Å². The van der Waals surface area contributed by atoms with E-state index in [0.717, 1.165) is 19.3 Å². The van der Waals surface area contributed by atoms with Gasteiger partial charge in [-0.3, -0.25) is 15.8 Å². The third-order valence-electron chi connectivity index (χ3n) is 5.15. The second-order valence-electron chi connectivity index (χ2n) is 7.57. The van der Waals surface area contributed by atoms with Crippen molar-refractivity contribution in [2.24, 2.45) is 11.1 Å². The fourth-order valence-electron chi connectivity index (χ4n) is 2.73. The van der Waals surface area contributed by atoms with E-state index in [2.05, 4.69) is 6.92 Å². The van der Waals surface area contributed by atoms with Gasteiger partial charge >= 0.3 is 0 Å². The molecule has 0 heterocycles. The van der Waals surface area contributed by atoms with Crippen molar-refractivity contribution in [3.8, 4) is 0 Å². The highest BCUT2D eigenvalue weighted by molar-refractivity contribution is 4.85. The Morgan fingerprint density at radius 1 is 0.818 bits per heavy atom. The summed E-state index contributed by atoms with van der Waals surface area (Å²) in [7, 11) is 0. The average Bonchev–Trinajstić information content (AvgIpc) is 2.44. The van der Waals surface area contributed by atoms with E-state index in [1.807, 2.05) is 13.8 Å². The molecular formula is C18H38N2O2. The van der Waals surface area contributed by atoms with Gasteiger partial charge in [0.25, 0.3) is 5.66 Å². The minimum Gasteiger partial charge on any atom is -0.266 e. The van der Waals surface area contributed by atoms with Crippen LogP contribution in [0.2, 0.25) is 0 Å². The van der Waals surface area contributed by atoms with Crippen LogP contribution < -0.4 is 5.73 Å². The number of nitrogens with zero attached hydrogens (tertiary/aromatic N) is 1. The molecule has 132 valence electrons. The molecule has 0 amide bonds. The quantitative estimate of drug-likeness (QED) is 0.194. The lowest BCUT2D eigenvalue weighted by molar-refractivity contribution is -0.585. The first-order chi connectivity index (χ1) is 10.3. The Balaban J connectivity index is 3.59. The molecule has 2 N–H and O–H groups in total. The third-order valence-corrected chi connectivity index (χ3v) is 5.15. The van der Waals surface area contributed by atoms with Crippen molar-refractivity contribution in [3.05, 3.63) is 10.1 Å². The van der Waals surface area contributed by atoms with Crippen molar-refractivity contribution in [1.82, 2.24) is 0 Å². The van der Waals surface area contributed by atoms with E-state index in [0.29, 0.717) is 0 Å². The number of unbranched alkanes of at least 4 members (excludes halogenated alkanes) is 10. The van der Waals surface area contributed by atoms with E-state index >= 15 is 0 Å². The van der Waals surface area contributed by atoms with Crippen LogP contribution in [0.25, 0.3) is 0 Å². The van der Waals surface area contributed by atoms with Gasteiger partial charge in [-0.1, -0.05) is 91.4 Å². The van der Waals surface area contributed by atoms with Crippen LogP contribution in [0.3, 0.4) is 0 Å². The summed E-state index contributed by atoms with van der Waals surface area (Å²) in [4.78, 5) is 10.7. The molecule has 0 saturated heterocycles. The van der Waals surface area contributed by atoms with Crippen LogP contribution in [0.5, 0.6) is 0 Å². The van der Waals surface area contributed by atoms with Gasteiger partial charge in [0.15, 0.2) is 0 Å². The van der Waals surface area contributed by atoms with Crippen LogP contribution in [-0.4, -0.2) is 10.6 Å². The summed E-state index contributed by atoms with van der Waals surface area (Å²) in [6.45, 7) is 7.60. The lowest BCUT2D eigenvalue weighted by Gasteiger charge is -2.33. The predicted octanol–water partition coefficient (Wildman–Crippen LogP) is 5.67. The molecule has 0 saturated carbocycles. The summed E-state index contributed by atoms with van der Waals surface area (Å²) in [5, 5.41) is 11.0. The van der Waals surface area contributed by atoms with Crippen LogP contribution >= 0.6 is 0 Å². The van der Waals surface area contributed by atoms with Crippen molar-refractivity contribution < 1.29 is 4.92 Å². The zero-order valence-electron chi connectivity index (χ0n) is 15.3. The molecule has 0 bridgehead atoms. The van der Waals surface area contributed by atoms with Gasteiger partial charge in [0.2, 0.25) is 0 Å². The smallest absolute Gasteiger partial charge is 0.266 e. The van der Waals surface area contributed by atoms with Gasteiger partial charge in [-0.05, 0) is 6.42 Å². The van der Waals surface area contributed by atoms with Gasteiger partial charge < -0.3 is 0 Å². The van der Waals surface area contributed by atoms with Crippen molar-refractivity contribution in [3.63, 3.8) is 0 Å². The van der Waals surface area contributed by atoms with E-state index in [1.165, 1.54) is 64.7 Å². The highest BCUT2D eigenvalue weighted by atomic mass is 16.6. The van der Waals surface area contributed by atoms with Gasteiger partial charge in [-0.25, -0.2) is 0 Å². The van der Waals surface area contributed by atoms with E-state index < -0.39 is 11.1 Å². The molecule has 0 aromatic rings. The van der Waals surface area contributed by atoms with Gasteiger partial charge in [0.05, 0.1) is 0 Å². The summed E-state index contributed by atoms with van der Waals surface area (Å²) < 4.78 is 0. The fraction of sp³-hybridized carbons (Fsp3) is 1.00. The summed E-state index contributed by atoms with van der Waals surface area (Å²) in [6, 6.07) is 0. The Hall–Kier alpha value is -0.640. The first kappa shape index (κ1) is 21.4. The molecule has 22 heavy (non-hydrogen) atoms.